The molecule has 0 radical (unpaired) electrons. The average Bonchev–Trinajstić information content (AvgIpc) is 2.19. The van der Waals surface area contributed by atoms with Gasteiger partial charge < -0.3 is 4.74 Å². The third-order valence-corrected chi connectivity index (χ3v) is 2.53. The van der Waals surface area contributed by atoms with Gasteiger partial charge in [0.25, 0.3) is 0 Å². The van der Waals surface area contributed by atoms with Crippen LogP contribution in [0.15, 0.2) is 0 Å². The third-order valence-electron chi connectivity index (χ3n) is 2.53. The smallest absolute Gasteiger partial charge is 0.248 e. The summed E-state index contributed by atoms with van der Waals surface area (Å²) in [6, 6.07) is 0. The second kappa shape index (κ2) is 5.95. The predicted molar refractivity (Wildman–Crippen MR) is 53.4 cm³/mol. The molecule has 1 atom stereocenters. The molecule has 1 amide bonds. The summed E-state index contributed by atoms with van der Waals surface area (Å²) < 4.78 is 5.11. The lowest BCUT2D eigenvalue weighted by Crippen LogP contribution is -2.45. The lowest BCUT2D eigenvalue weighted by atomic mass is 9.99. The lowest BCUT2D eigenvalue weighted by molar-refractivity contribution is -0.122. The zero-order valence-electron chi connectivity index (χ0n) is 8.66. The standard InChI is InChI=1S/C9H19N3O2/c1-14-7-8-3-2-4-12(5-8)6-9(13)11-10/h8H,2-7,10H2,1H3,(H,11,13). The van der Waals surface area contributed by atoms with E-state index in [-0.39, 0.29) is 5.91 Å². The molecule has 0 bridgehead atoms. The number of hydrogen-bond acceptors (Lipinski definition) is 4. The first-order chi connectivity index (χ1) is 6.76. The molecule has 0 aromatic heterocycles. The molecule has 0 spiro atoms. The number of ether oxygens (including phenoxy) is 1. The number of piperidine rings is 1. The molecule has 5 heteroatoms. The fourth-order valence-electron chi connectivity index (χ4n) is 1.92. The molecule has 14 heavy (non-hydrogen) atoms. The summed E-state index contributed by atoms with van der Waals surface area (Å²) in [4.78, 5) is 13.2. The van der Waals surface area contributed by atoms with Gasteiger partial charge in [-0.05, 0) is 25.3 Å². The van der Waals surface area contributed by atoms with E-state index in [4.69, 9.17) is 10.6 Å². The Morgan fingerprint density at radius 1 is 1.71 bits per heavy atom. The van der Waals surface area contributed by atoms with Crippen molar-refractivity contribution in [1.29, 1.82) is 0 Å². The zero-order valence-corrected chi connectivity index (χ0v) is 8.66. The Hall–Kier alpha value is -0.650. The van der Waals surface area contributed by atoms with Crippen LogP contribution in [0.1, 0.15) is 12.8 Å². The molecule has 1 rings (SSSR count). The van der Waals surface area contributed by atoms with E-state index in [0.717, 1.165) is 26.1 Å². The minimum absolute atomic E-state index is 0.122. The summed E-state index contributed by atoms with van der Waals surface area (Å²) in [5.74, 6) is 5.46. The van der Waals surface area contributed by atoms with Crippen LogP contribution in [0, 0.1) is 5.92 Å². The second-order valence-corrected chi connectivity index (χ2v) is 3.77. The fraction of sp³-hybridized carbons (Fsp3) is 0.889. The molecule has 1 saturated heterocycles. The van der Waals surface area contributed by atoms with Gasteiger partial charge in [0, 0.05) is 13.7 Å². The van der Waals surface area contributed by atoms with Gasteiger partial charge in [-0.1, -0.05) is 0 Å². The molecule has 0 aromatic carbocycles. The van der Waals surface area contributed by atoms with Gasteiger partial charge in [-0.25, -0.2) is 5.84 Å². The Morgan fingerprint density at radius 2 is 2.50 bits per heavy atom. The Kier molecular flexibility index (Phi) is 4.86. The van der Waals surface area contributed by atoms with E-state index in [2.05, 4.69) is 10.3 Å². The quantitative estimate of drug-likeness (QED) is 0.360. The molecule has 5 nitrogen and oxygen atoms in total. The molecule has 3 N–H and O–H groups in total. The molecular weight excluding hydrogens is 182 g/mol. The van der Waals surface area contributed by atoms with Gasteiger partial charge in [0.15, 0.2) is 0 Å². The number of nitrogens with one attached hydrogen (secondary N) is 1. The van der Waals surface area contributed by atoms with Crippen molar-refractivity contribution >= 4 is 5.91 Å². The minimum atomic E-state index is -0.122. The Labute approximate surface area is 84.5 Å². The number of nitrogens with two attached hydrogens (primary N) is 1. The van der Waals surface area contributed by atoms with Crippen molar-refractivity contribution in [2.75, 3.05) is 33.4 Å². The van der Waals surface area contributed by atoms with Gasteiger partial charge in [0.2, 0.25) is 5.91 Å². The second-order valence-electron chi connectivity index (χ2n) is 3.77. The third kappa shape index (κ3) is 3.61. The highest BCUT2D eigenvalue weighted by atomic mass is 16.5. The number of hydrazine groups is 1. The van der Waals surface area contributed by atoms with Crippen molar-refractivity contribution < 1.29 is 9.53 Å². The van der Waals surface area contributed by atoms with Crippen LogP contribution in [-0.2, 0) is 9.53 Å². The highest BCUT2D eigenvalue weighted by Crippen LogP contribution is 2.15. The SMILES string of the molecule is COCC1CCCN(CC(=O)NN)C1. The summed E-state index contributed by atoms with van der Waals surface area (Å²) in [5, 5.41) is 0. The van der Waals surface area contributed by atoms with Gasteiger partial charge in [-0.15, -0.1) is 0 Å². The van der Waals surface area contributed by atoms with E-state index >= 15 is 0 Å². The van der Waals surface area contributed by atoms with Crippen molar-refractivity contribution in [1.82, 2.24) is 10.3 Å². The van der Waals surface area contributed by atoms with E-state index in [9.17, 15) is 4.79 Å². The van der Waals surface area contributed by atoms with Crippen molar-refractivity contribution in [3.8, 4) is 0 Å². The van der Waals surface area contributed by atoms with Crippen LogP contribution in [0.25, 0.3) is 0 Å². The first-order valence-corrected chi connectivity index (χ1v) is 4.97. The number of carbonyl (C=O) groups is 1. The molecular formula is C9H19N3O2. The predicted octanol–water partition coefficient (Wildman–Crippen LogP) is -0.665. The van der Waals surface area contributed by atoms with Crippen LogP contribution in [0.5, 0.6) is 0 Å². The molecule has 1 unspecified atom stereocenters. The summed E-state index contributed by atoms with van der Waals surface area (Å²) >= 11 is 0. The van der Waals surface area contributed by atoms with E-state index in [1.165, 1.54) is 6.42 Å². The van der Waals surface area contributed by atoms with E-state index < -0.39 is 0 Å². The number of rotatable bonds is 4. The van der Waals surface area contributed by atoms with E-state index in [1.807, 2.05) is 0 Å². The maximum absolute atomic E-state index is 11.0. The van der Waals surface area contributed by atoms with Crippen LogP contribution in [-0.4, -0.2) is 44.2 Å². The van der Waals surface area contributed by atoms with Crippen LogP contribution in [0.2, 0.25) is 0 Å². The number of methoxy groups -OCH3 is 1. The number of likely N-dealkylation sites (tertiary alicyclic amines) is 1. The van der Waals surface area contributed by atoms with Crippen molar-refractivity contribution in [2.24, 2.45) is 11.8 Å². The largest absolute Gasteiger partial charge is 0.384 e. The van der Waals surface area contributed by atoms with Gasteiger partial charge in [0.05, 0.1) is 13.2 Å². The van der Waals surface area contributed by atoms with Crippen molar-refractivity contribution in [2.45, 2.75) is 12.8 Å². The maximum atomic E-state index is 11.0. The van der Waals surface area contributed by atoms with E-state index in [1.54, 1.807) is 7.11 Å². The van der Waals surface area contributed by atoms with Crippen LogP contribution in [0.4, 0.5) is 0 Å². The van der Waals surface area contributed by atoms with Gasteiger partial charge in [-0.3, -0.25) is 15.1 Å². The maximum Gasteiger partial charge on any atom is 0.248 e. The summed E-state index contributed by atoms with van der Waals surface area (Å²) in [7, 11) is 1.71. The molecule has 0 saturated carbocycles. The minimum Gasteiger partial charge on any atom is -0.384 e. The number of carbonyl (C=O) groups excluding carboxylic acids is 1. The highest BCUT2D eigenvalue weighted by Gasteiger charge is 2.20. The van der Waals surface area contributed by atoms with Gasteiger partial charge >= 0.3 is 0 Å². The topological polar surface area (TPSA) is 67.6 Å². The van der Waals surface area contributed by atoms with Crippen LogP contribution in [0.3, 0.4) is 0 Å². The number of hydrogen-bond donors (Lipinski definition) is 2. The van der Waals surface area contributed by atoms with Crippen molar-refractivity contribution in [3.63, 3.8) is 0 Å². The summed E-state index contributed by atoms with van der Waals surface area (Å²) in [6.45, 7) is 3.09. The zero-order chi connectivity index (χ0) is 10.4. The Balaban J connectivity index is 2.28. The monoisotopic (exact) mass is 201 g/mol. The first kappa shape index (κ1) is 11.4. The van der Waals surface area contributed by atoms with E-state index in [0.29, 0.717) is 12.5 Å². The Bertz CT molecular complexity index is 185. The van der Waals surface area contributed by atoms with Gasteiger partial charge in [0.1, 0.15) is 0 Å². The fourth-order valence-corrected chi connectivity index (χ4v) is 1.92. The van der Waals surface area contributed by atoms with Crippen LogP contribution >= 0.6 is 0 Å². The van der Waals surface area contributed by atoms with Crippen LogP contribution < -0.4 is 11.3 Å². The molecule has 1 aliphatic rings. The summed E-state index contributed by atoms with van der Waals surface area (Å²) in [5.41, 5.74) is 2.15. The molecule has 1 fully saturated rings. The number of amides is 1. The molecule has 82 valence electrons. The lowest BCUT2D eigenvalue weighted by Gasteiger charge is -2.31. The first-order valence-electron chi connectivity index (χ1n) is 4.97. The molecule has 1 heterocycles. The number of nitrogens with zero attached hydrogens (tertiary/aromatic N) is 1. The normalized spacial score (nSPS) is 23.4. The Morgan fingerprint density at radius 3 is 3.14 bits per heavy atom. The van der Waals surface area contributed by atoms with Crippen molar-refractivity contribution in [3.05, 3.63) is 0 Å². The average molecular weight is 201 g/mol. The molecule has 1 aliphatic heterocycles. The van der Waals surface area contributed by atoms with Gasteiger partial charge in [-0.2, -0.15) is 0 Å². The summed E-state index contributed by atoms with van der Waals surface area (Å²) in [6.07, 6.45) is 2.32. The highest BCUT2D eigenvalue weighted by molar-refractivity contribution is 5.77. The molecule has 0 aromatic rings. The molecule has 0 aliphatic carbocycles.